The van der Waals surface area contributed by atoms with Gasteiger partial charge in [-0.1, -0.05) is 59.7 Å². The maximum absolute atomic E-state index is 5.14. The monoisotopic (exact) mass is 251 g/mol. The molecular weight excluding hydrogens is 225 g/mol. The molecule has 0 saturated heterocycles. The van der Waals surface area contributed by atoms with E-state index < -0.39 is 7.05 Å². The predicted octanol–water partition coefficient (Wildman–Crippen LogP) is 5.75. The standard InChI is InChI=1S/C15H26NP/c1-14(2,3)17(7,15(4,5)6)16-13-11-9-8-10-12-13/h8-12H,1-7H3. The molecule has 0 aliphatic heterocycles. The Bertz CT molecular complexity index is 400. The quantitative estimate of drug-likeness (QED) is 0.564. The Balaban J connectivity index is 3.42. The van der Waals surface area contributed by atoms with Crippen molar-refractivity contribution in [1.29, 1.82) is 0 Å². The maximum Gasteiger partial charge on any atom is 0.0613 e. The first-order chi connectivity index (χ1) is 7.58. The molecule has 0 aromatic heterocycles. The summed E-state index contributed by atoms with van der Waals surface area (Å²) in [6.45, 7) is 16.3. The van der Waals surface area contributed by atoms with Gasteiger partial charge in [-0.25, -0.2) is 0 Å². The number of hydrogen-bond acceptors (Lipinski definition) is 1. The first-order valence-corrected chi connectivity index (χ1v) is 8.42. The van der Waals surface area contributed by atoms with Gasteiger partial charge >= 0.3 is 0 Å². The van der Waals surface area contributed by atoms with E-state index in [1.54, 1.807) is 0 Å². The van der Waals surface area contributed by atoms with Crippen LogP contribution in [0.2, 0.25) is 0 Å². The first-order valence-electron chi connectivity index (χ1n) is 6.23. The summed E-state index contributed by atoms with van der Waals surface area (Å²) in [5.74, 6) is 0. The van der Waals surface area contributed by atoms with Crippen molar-refractivity contribution >= 4 is 12.7 Å². The van der Waals surface area contributed by atoms with E-state index in [-0.39, 0.29) is 10.3 Å². The number of nitrogens with zero attached hydrogens (tertiary/aromatic N) is 1. The second-order valence-electron chi connectivity index (χ2n) is 6.74. The van der Waals surface area contributed by atoms with Gasteiger partial charge in [0.25, 0.3) is 0 Å². The number of hydrogen-bond donors (Lipinski definition) is 0. The largest absolute Gasteiger partial charge is 0.267 e. The van der Waals surface area contributed by atoms with Crippen LogP contribution in [0.5, 0.6) is 0 Å². The van der Waals surface area contributed by atoms with Gasteiger partial charge in [0.05, 0.1) is 5.69 Å². The fourth-order valence-electron chi connectivity index (χ4n) is 2.03. The summed E-state index contributed by atoms with van der Waals surface area (Å²) >= 11 is 0. The smallest absolute Gasteiger partial charge is 0.0613 e. The van der Waals surface area contributed by atoms with Crippen LogP contribution in [-0.4, -0.2) is 17.0 Å². The Morgan fingerprint density at radius 1 is 0.824 bits per heavy atom. The molecular formula is C15H26NP. The highest BCUT2D eigenvalue weighted by molar-refractivity contribution is 7.68. The molecule has 0 saturated carbocycles. The minimum Gasteiger partial charge on any atom is -0.267 e. The van der Waals surface area contributed by atoms with Gasteiger partial charge in [-0.05, 0) is 36.2 Å². The van der Waals surface area contributed by atoms with Gasteiger partial charge in [0.15, 0.2) is 0 Å². The lowest BCUT2D eigenvalue weighted by molar-refractivity contribution is 0.699. The van der Waals surface area contributed by atoms with E-state index in [1.807, 2.05) is 6.07 Å². The summed E-state index contributed by atoms with van der Waals surface area (Å²) in [4.78, 5) is 0. The molecule has 2 heteroatoms. The minimum atomic E-state index is -1.43. The highest BCUT2D eigenvalue weighted by atomic mass is 31.2. The molecule has 0 amide bonds. The number of rotatable bonds is 1. The topological polar surface area (TPSA) is 12.4 Å². The summed E-state index contributed by atoms with van der Waals surface area (Å²) in [6, 6.07) is 10.4. The van der Waals surface area contributed by atoms with Crippen molar-refractivity contribution in [2.45, 2.75) is 51.9 Å². The van der Waals surface area contributed by atoms with Gasteiger partial charge in [-0.3, -0.25) is 4.74 Å². The molecule has 0 bridgehead atoms. The molecule has 0 aliphatic rings. The third kappa shape index (κ3) is 3.01. The zero-order chi connectivity index (χ0) is 13.3. The zero-order valence-electron chi connectivity index (χ0n) is 12.3. The molecule has 0 aliphatic carbocycles. The summed E-state index contributed by atoms with van der Waals surface area (Å²) in [5.41, 5.74) is 1.12. The van der Waals surface area contributed by atoms with Crippen LogP contribution in [0.4, 0.5) is 5.69 Å². The Morgan fingerprint density at radius 3 is 1.59 bits per heavy atom. The minimum absolute atomic E-state index is 0.237. The Hall–Kier alpha value is -0.550. The van der Waals surface area contributed by atoms with Crippen molar-refractivity contribution in [3.63, 3.8) is 0 Å². The van der Waals surface area contributed by atoms with Crippen LogP contribution in [0, 0.1) is 0 Å². The molecule has 1 aromatic carbocycles. The molecule has 0 spiro atoms. The van der Waals surface area contributed by atoms with Crippen LogP contribution in [0.1, 0.15) is 41.5 Å². The molecule has 0 unspecified atom stereocenters. The van der Waals surface area contributed by atoms with Crippen molar-refractivity contribution in [2.75, 3.05) is 6.66 Å². The van der Waals surface area contributed by atoms with Gasteiger partial charge in [0.2, 0.25) is 0 Å². The average Bonchev–Trinajstić information content (AvgIpc) is 2.15. The third-order valence-electron chi connectivity index (χ3n) is 3.68. The van der Waals surface area contributed by atoms with Crippen LogP contribution < -0.4 is 0 Å². The molecule has 17 heavy (non-hydrogen) atoms. The lowest BCUT2D eigenvalue weighted by atomic mass is 10.2. The zero-order valence-corrected chi connectivity index (χ0v) is 13.2. The van der Waals surface area contributed by atoms with E-state index in [1.165, 1.54) is 0 Å². The van der Waals surface area contributed by atoms with E-state index in [0.29, 0.717) is 0 Å². The summed E-state index contributed by atoms with van der Waals surface area (Å²) < 4.78 is 5.14. The van der Waals surface area contributed by atoms with Crippen LogP contribution in [0.3, 0.4) is 0 Å². The van der Waals surface area contributed by atoms with Crippen LogP contribution in [0.15, 0.2) is 35.1 Å². The van der Waals surface area contributed by atoms with E-state index in [9.17, 15) is 0 Å². The summed E-state index contributed by atoms with van der Waals surface area (Å²) in [5, 5.41) is 0.474. The van der Waals surface area contributed by atoms with Gasteiger partial charge < -0.3 is 0 Å². The molecule has 0 atom stereocenters. The normalized spacial score (nSPS) is 13.6. The molecule has 1 aromatic rings. The van der Waals surface area contributed by atoms with Crippen LogP contribution >= 0.6 is 7.05 Å². The molecule has 96 valence electrons. The maximum atomic E-state index is 5.14. The molecule has 1 nitrogen and oxygen atoms in total. The van der Waals surface area contributed by atoms with Crippen molar-refractivity contribution in [3.05, 3.63) is 30.3 Å². The van der Waals surface area contributed by atoms with E-state index in [2.05, 4.69) is 72.5 Å². The second-order valence-corrected chi connectivity index (χ2v) is 11.5. The SMILES string of the molecule is CC(C)(C)P(C)(=Nc1ccccc1)C(C)(C)C. The highest BCUT2D eigenvalue weighted by Gasteiger charge is 2.39. The Labute approximate surface area is 107 Å². The molecule has 0 radical (unpaired) electrons. The fourth-order valence-corrected chi connectivity index (χ4v) is 5.24. The predicted molar refractivity (Wildman–Crippen MR) is 80.9 cm³/mol. The van der Waals surface area contributed by atoms with Gasteiger partial charge in [0.1, 0.15) is 0 Å². The highest BCUT2D eigenvalue weighted by Crippen LogP contribution is 2.67. The van der Waals surface area contributed by atoms with Crippen molar-refractivity contribution in [1.82, 2.24) is 0 Å². The molecule has 0 heterocycles. The van der Waals surface area contributed by atoms with E-state index in [4.69, 9.17) is 4.74 Å². The van der Waals surface area contributed by atoms with Gasteiger partial charge in [-0.2, -0.15) is 0 Å². The van der Waals surface area contributed by atoms with Crippen molar-refractivity contribution in [3.8, 4) is 0 Å². The van der Waals surface area contributed by atoms with Crippen molar-refractivity contribution < 1.29 is 0 Å². The van der Waals surface area contributed by atoms with E-state index in [0.717, 1.165) is 5.69 Å². The van der Waals surface area contributed by atoms with Crippen LogP contribution in [0.25, 0.3) is 0 Å². The second kappa shape index (κ2) is 4.61. The molecule has 0 N–H and O–H groups in total. The van der Waals surface area contributed by atoms with Crippen molar-refractivity contribution in [2.24, 2.45) is 4.74 Å². The molecule has 1 rings (SSSR count). The van der Waals surface area contributed by atoms with Gasteiger partial charge in [0, 0.05) is 0 Å². The number of benzene rings is 1. The van der Waals surface area contributed by atoms with E-state index >= 15 is 0 Å². The third-order valence-corrected chi connectivity index (χ3v) is 9.54. The Morgan fingerprint density at radius 2 is 1.24 bits per heavy atom. The average molecular weight is 251 g/mol. The first kappa shape index (κ1) is 14.5. The fraction of sp³-hybridized carbons (Fsp3) is 0.600. The summed E-state index contributed by atoms with van der Waals surface area (Å²) in [6.07, 6.45) is 0. The lowest BCUT2D eigenvalue weighted by Gasteiger charge is -2.44. The summed E-state index contributed by atoms with van der Waals surface area (Å²) in [7, 11) is -1.43. The van der Waals surface area contributed by atoms with Gasteiger partial charge in [-0.15, -0.1) is 0 Å². The molecule has 0 fully saturated rings. The lowest BCUT2D eigenvalue weighted by Crippen LogP contribution is -2.28. The van der Waals surface area contributed by atoms with Crippen LogP contribution in [-0.2, 0) is 0 Å². The Kier molecular flexibility index (Phi) is 3.94.